The van der Waals surface area contributed by atoms with E-state index in [1.807, 2.05) is 23.6 Å². The molecule has 3 heterocycles. The van der Waals surface area contributed by atoms with Crippen LogP contribution >= 0.6 is 11.6 Å². The van der Waals surface area contributed by atoms with Gasteiger partial charge in [0.05, 0.1) is 23.2 Å². The fourth-order valence-electron chi connectivity index (χ4n) is 5.64. The summed E-state index contributed by atoms with van der Waals surface area (Å²) < 4.78 is 32.1. The Morgan fingerprint density at radius 3 is 2.54 bits per heavy atom. The molecule has 2 aromatic carbocycles. The van der Waals surface area contributed by atoms with Crippen molar-refractivity contribution < 1.29 is 19.0 Å². The number of hydrogen-bond donors (Lipinski definition) is 2. The molecule has 1 unspecified atom stereocenters. The molecule has 1 saturated heterocycles. The molecule has 5 rings (SSSR count). The predicted molar refractivity (Wildman–Crippen MR) is 145 cm³/mol. The second-order valence-corrected chi connectivity index (χ2v) is 10.8. The van der Waals surface area contributed by atoms with Gasteiger partial charge in [0.2, 0.25) is 0 Å². The lowest BCUT2D eigenvalue weighted by molar-refractivity contribution is -0.0743. The normalized spacial score (nSPS) is 18.3. The van der Waals surface area contributed by atoms with Crippen molar-refractivity contribution in [3.8, 4) is 0 Å². The lowest BCUT2D eigenvalue weighted by Gasteiger charge is -2.45. The van der Waals surface area contributed by atoms with Crippen LogP contribution in [-0.2, 0) is 25.2 Å². The first-order valence-electron chi connectivity index (χ1n) is 13.1. The van der Waals surface area contributed by atoms with Crippen LogP contribution < -0.4 is 0 Å². The molecule has 1 fully saturated rings. The van der Waals surface area contributed by atoms with Gasteiger partial charge in [0.15, 0.2) is 0 Å². The van der Waals surface area contributed by atoms with E-state index in [2.05, 4.69) is 32.1 Å². The maximum Gasteiger partial charge on any atom is 0.137 e. The van der Waals surface area contributed by atoms with E-state index in [-0.39, 0.29) is 12.1 Å². The minimum Gasteiger partial charge on any atom is -0.392 e. The Bertz CT molecular complexity index is 1420. The zero-order chi connectivity index (χ0) is 27.7. The molecule has 2 N–H and O–H groups in total. The van der Waals surface area contributed by atoms with Gasteiger partial charge in [-0.1, -0.05) is 29.8 Å². The summed E-state index contributed by atoms with van der Waals surface area (Å²) in [4.78, 5) is 8.41. The molecule has 4 aromatic rings. The van der Waals surface area contributed by atoms with E-state index in [1.54, 1.807) is 6.92 Å². The van der Waals surface area contributed by atoms with Gasteiger partial charge in [-0.2, -0.15) is 5.10 Å². The highest BCUT2D eigenvalue weighted by atomic mass is 35.5. The maximum atomic E-state index is 14.9. The number of benzene rings is 2. The molecule has 8 nitrogen and oxygen atoms in total. The van der Waals surface area contributed by atoms with Crippen molar-refractivity contribution in [3.05, 3.63) is 83.0 Å². The standard InChI is InChI=1S/C28H33ClF2N6O2/c1-19(38)13-36-15-21(23-4-3-5-25(29)27(23)36)14-34-8-10-35(11-9-34)20(2)28(39,16-37-18-32-17-33-37)24-7-6-22(30)12-26(24)31/h3-7,12,15,17-20,38-39H,8-11,13-14,16H2,1-2H3/t19?,20-,28-/m1/s1. The van der Waals surface area contributed by atoms with Gasteiger partial charge in [0, 0.05) is 68.5 Å². The second-order valence-electron chi connectivity index (χ2n) is 10.4. The highest BCUT2D eigenvalue weighted by Gasteiger charge is 2.42. The van der Waals surface area contributed by atoms with Crippen molar-refractivity contribution in [2.75, 3.05) is 26.2 Å². The molecule has 0 saturated carbocycles. The zero-order valence-corrected chi connectivity index (χ0v) is 22.8. The average molecular weight is 559 g/mol. The predicted octanol–water partition coefficient (Wildman–Crippen LogP) is 3.64. The van der Waals surface area contributed by atoms with E-state index in [0.29, 0.717) is 31.2 Å². The molecule has 0 aliphatic carbocycles. The summed E-state index contributed by atoms with van der Waals surface area (Å²) in [5.74, 6) is -1.49. The molecular weight excluding hydrogens is 526 g/mol. The number of aromatic nitrogens is 4. The maximum absolute atomic E-state index is 14.9. The summed E-state index contributed by atoms with van der Waals surface area (Å²) >= 11 is 6.52. The van der Waals surface area contributed by atoms with Crippen molar-refractivity contribution in [2.45, 2.75) is 51.2 Å². The Labute approximate surface area is 231 Å². The van der Waals surface area contributed by atoms with E-state index in [4.69, 9.17) is 11.6 Å². The lowest BCUT2D eigenvalue weighted by atomic mass is 9.85. The number of nitrogens with zero attached hydrogens (tertiary/aromatic N) is 6. The summed E-state index contributed by atoms with van der Waals surface area (Å²) in [5, 5.41) is 27.7. The fourth-order valence-corrected chi connectivity index (χ4v) is 5.92. The van der Waals surface area contributed by atoms with Crippen LogP contribution in [0, 0.1) is 11.6 Å². The molecule has 39 heavy (non-hydrogen) atoms. The Morgan fingerprint density at radius 1 is 1.10 bits per heavy atom. The minimum absolute atomic E-state index is 0.0251. The number of halogens is 3. The smallest absolute Gasteiger partial charge is 0.137 e. The van der Waals surface area contributed by atoms with Gasteiger partial charge in [0.1, 0.15) is 29.9 Å². The number of piperazine rings is 1. The van der Waals surface area contributed by atoms with Crippen molar-refractivity contribution in [1.29, 1.82) is 0 Å². The summed E-state index contributed by atoms with van der Waals surface area (Å²) in [6.07, 6.45) is 4.39. The van der Waals surface area contributed by atoms with Gasteiger partial charge in [-0.25, -0.2) is 18.4 Å². The van der Waals surface area contributed by atoms with Crippen molar-refractivity contribution in [1.82, 2.24) is 29.1 Å². The number of aliphatic hydroxyl groups excluding tert-OH is 1. The van der Waals surface area contributed by atoms with Gasteiger partial charge in [-0.3, -0.25) is 9.80 Å². The van der Waals surface area contributed by atoms with E-state index in [1.165, 1.54) is 23.4 Å². The topological polar surface area (TPSA) is 82.6 Å². The molecule has 0 spiro atoms. The van der Waals surface area contributed by atoms with Crippen LogP contribution in [0.1, 0.15) is 25.0 Å². The van der Waals surface area contributed by atoms with Crippen molar-refractivity contribution in [3.63, 3.8) is 0 Å². The van der Waals surface area contributed by atoms with Gasteiger partial charge >= 0.3 is 0 Å². The molecule has 11 heteroatoms. The summed E-state index contributed by atoms with van der Waals surface area (Å²) in [7, 11) is 0. The highest BCUT2D eigenvalue weighted by molar-refractivity contribution is 6.35. The third kappa shape index (κ3) is 5.71. The summed E-state index contributed by atoms with van der Waals surface area (Å²) in [6.45, 7) is 7.52. The Morgan fingerprint density at radius 2 is 1.87 bits per heavy atom. The van der Waals surface area contributed by atoms with Crippen molar-refractivity contribution in [2.24, 2.45) is 0 Å². The first kappa shape index (κ1) is 27.7. The fraction of sp³-hybridized carbons (Fsp3) is 0.429. The molecular formula is C28H33ClF2N6O2. The number of hydrogen-bond acceptors (Lipinski definition) is 6. The van der Waals surface area contributed by atoms with E-state index < -0.39 is 29.4 Å². The average Bonchev–Trinajstić information content (AvgIpc) is 3.52. The second kappa shape index (κ2) is 11.3. The molecule has 1 aliphatic rings. The largest absolute Gasteiger partial charge is 0.392 e. The molecule has 208 valence electrons. The zero-order valence-electron chi connectivity index (χ0n) is 22.0. The SMILES string of the molecule is CC(O)Cn1cc(CN2CCN([C@H](C)[C@](O)(Cn3cncn3)c3ccc(F)cc3F)CC2)c2cccc(Cl)c21. The van der Waals surface area contributed by atoms with Gasteiger partial charge < -0.3 is 14.8 Å². The Hall–Kier alpha value is -2.89. The third-order valence-electron chi connectivity index (χ3n) is 7.70. The van der Waals surface area contributed by atoms with Crippen molar-refractivity contribution >= 4 is 22.5 Å². The van der Waals surface area contributed by atoms with Crippen LogP contribution in [0.4, 0.5) is 8.78 Å². The number of aliphatic hydroxyl groups is 2. The van der Waals surface area contributed by atoms with E-state index in [9.17, 15) is 19.0 Å². The van der Waals surface area contributed by atoms with E-state index >= 15 is 0 Å². The molecule has 3 atom stereocenters. The molecule has 0 bridgehead atoms. The molecule has 1 aliphatic heterocycles. The van der Waals surface area contributed by atoms with Gasteiger partial charge in [0.25, 0.3) is 0 Å². The summed E-state index contributed by atoms with van der Waals surface area (Å²) in [6, 6.07) is 8.62. The Balaban J connectivity index is 1.33. The molecule has 0 amide bonds. The van der Waals surface area contributed by atoms with Gasteiger partial charge in [-0.05, 0) is 31.5 Å². The number of rotatable bonds is 9. The van der Waals surface area contributed by atoms with Gasteiger partial charge in [-0.15, -0.1) is 0 Å². The van der Waals surface area contributed by atoms with Crippen LogP contribution in [0.3, 0.4) is 0 Å². The van der Waals surface area contributed by atoms with Crippen LogP contribution in [0.2, 0.25) is 5.02 Å². The minimum atomic E-state index is -1.67. The number of para-hydroxylation sites is 1. The van der Waals surface area contributed by atoms with E-state index in [0.717, 1.165) is 41.7 Å². The monoisotopic (exact) mass is 558 g/mol. The molecule has 2 aromatic heterocycles. The van der Waals surface area contributed by atoms with Crippen LogP contribution in [0.15, 0.2) is 55.2 Å². The van der Waals surface area contributed by atoms with Crippen LogP contribution in [-0.4, -0.2) is 77.7 Å². The Kier molecular flexibility index (Phi) is 8.02. The summed E-state index contributed by atoms with van der Waals surface area (Å²) in [5.41, 5.74) is 0.406. The van der Waals surface area contributed by atoms with Crippen LogP contribution in [0.25, 0.3) is 10.9 Å². The lowest BCUT2D eigenvalue weighted by Crippen LogP contribution is -2.57. The first-order chi connectivity index (χ1) is 18.7. The van der Waals surface area contributed by atoms with Crippen LogP contribution in [0.5, 0.6) is 0 Å². The first-order valence-corrected chi connectivity index (χ1v) is 13.4. The quantitative estimate of drug-likeness (QED) is 0.326. The highest BCUT2D eigenvalue weighted by Crippen LogP contribution is 2.34. The molecule has 0 radical (unpaired) electrons. The number of fused-ring (bicyclic) bond motifs is 1. The third-order valence-corrected chi connectivity index (χ3v) is 8.00.